The first-order chi connectivity index (χ1) is 7.22. The third-order valence-corrected chi connectivity index (χ3v) is 2.54. The number of hydrogen-bond donors (Lipinski definition) is 1. The Labute approximate surface area is 100.0 Å². The first kappa shape index (κ1) is 12.3. The number of alkyl halides is 1. The highest BCUT2D eigenvalue weighted by Gasteiger charge is 2.00. The standard InChI is InChI=1S/C11H13BBrNO/c12-9-4-6-10(7-5-9)14-11(15)3-1-2-8-13/h4-7H,1-3,8H2,(H,14,15). The van der Waals surface area contributed by atoms with Crippen LogP contribution in [0.3, 0.4) is 0 Å². The van der Waals surface area contributed by atoms with Crippen LogP contribution >= 0.6 is 15.9 Å². The van der Waals surface area contributed by atoms with Crippen molar-refractivity contribution in [1.29, 1.82) is 0 Å². The quantitative estimate of drug-likeness (QED) is 0.493. The highest BCUT2D eigenvalue weighted by molar-refractivity contribution is 9.09. The van der Waals surface area contributed by atoms with E-state index in [2.05, 4.69) is 21.2 Å². The Kier molecular flexibility index (Phi) is 5.47. The van der Waals surface area contributed by atoms with Crippen LogP contribution in [0.15, 0.2) is 24.3 Å². The zero-order valence-corrected chi connectivity index (χ0v) is 10.1. The van der Waals surface area contributed by atoms with Gasteiger partial charge in [0.2, 0.25) is 5.91 Å². The van der Waals surface area contributed by atoms with Gasteiger partial charge in [-0.05, 0) is 25.0 Å². The van der Waals surface area contributed by atoms with Gasteiger partial charge in [0.25, 0.3) is 0 Å². The van der Waals surface area contributed by atoms with Gasteiger partial charge in [-0.15, -0.1) is 0 Å². The van der Waals surface area contributed by atoms with Gasteiger partial charge in [-0.3, -0.25) is 4.79 Å². The van der Waals surface area contributed by atoms with E-state index in [-0.39, 0.29) is 5.91 Å². The Morgan fingerprint density at radius 2 is 1.93 bits per heavy atom. The second kappa shape index (κ2) is 6.67. The van der Waals surface area contributed by atoms with E-state index in [0.29, 0.717) is 11.9 Å². The number of hydrogen-bond acceptors (Lipinski definition) is 1. The molecule has 0 aromatic heterocycles. The predicted molar refractivity (Wildman–Crippen MR) is 68.1 cm³/mol. The molecule has 0 aliphatic rings. The Morgan fingerprint density at radius 3 is 2.53 bits per heavy atom. The molecule has 0 fully saturated rings. The molecule has 0 heterocycles. The summed E-state index contributed by atoms with van der Waals surface area (Å²) in [6, 6.07) is 7.15. The lowest BCUT2D eigenvalue weighted by molar-refractivity contribution is -0.116. The van der Waals surface area contributed by atoms with Crippen LogP contribution < -0.4 is 10.8 Å². The van der Waals surface area contributed by atoms with Crippen molar-refractivity contribution in [3.05, 3.63) is 24.3 Å². The molecule has 0 spiro atoms. The molecule has 1 amide bonds. The number of carbonyl (C=O) groups excluding carboxylic acids is 1. The van der Waals surface area contributed by atoms with E-state index in [1.165, 1.54) is 0 Å². The Balaban J connectivity index is 2.34. The van der Waals surface area contributed by atoms with E-state index in [1.807, 2.05) is 0 Å². The molecule has 2 radical (unpaired) electrons. The zero-order valence-electron chi connectivity index (χ0n) is 8.50. The first-order valence-electron chi connectivity index (χ1n) is 4.93. The van der Waals surface area contributed by atoms with Crippen molar-refractivity contribution < 1.29 is 4.79 Å². The largest absolute Gasteiger partial charge is 0.326 e. The molecule has 1 aromatic carbocycles. The third kappa shape index (κ3) is 5.02. The molecule has 0 saturated heterocycles. The molecule has 0 aliphatic heterocycles. The maximum Gasteiger partial charge on any atom is 0.224 e. The van der Waals surface area contributed by atoms with Gasteiger partial charge in [0, 0.05) is 17.4 Å². The molecule has 1 rings (SSSR count). The molecule has 0 aliphatic carbocycles. The van der Waals surface area contributed by atoms with E-state index in [4.69, 9.17) is 7.85 Å². The van der Waals surface area contributed by atoms with Crippen molar-refractivity contribution >= 4 is 40.8 Å². The molecular weight excluding hydrogens is 253 g/mol. The summed E-state index contributed by atoms with van der Waals surface area (Å²) >= 11 is 3.33. The van der Waals surface area contributed by atoms with Crippen LogP contribution in [0.25, 0.3) is 0 Å². The fraction of sp³-hybridized carbons (Fsp3) is 0.364. The Bertz CT molecular complexity index is 313. The van der Waals surface area contributed by atoms with E-state index < -0.39 is 0 Å². The van der Waals surface area contributed by atoms with Crippen LogP contribution in [0, 0.1) is 0 Å². The summed E-state index contributed by atoms with van der Waals surface area (Å²) in [7, 11) is 5.54. The average Bonchev–Trinajstić information content (AvgIpc) is 2.22. The number of unbranched alkanes of at least 4 members (excludes halogenated alkanes) is 1. The summed E-state index contributed by atoms with van der Waals surface area (Å²) in [5, 5.41) is 3.76. The number of benzene rings is 1. The van der Waals surface area contributed by atoms with Crippen molar-refractivity contribution in [2.24, 2.45) is 0 Å². The third-order valence-electron chi connectivity index (χ3n) is 1.98. The van der Waals surface area contributed by atoms with Crippen LogP contribution in [-0.2, 0) is 4.79 Å². The summed E-state index contributed by atoms with van der Waals surface area (Å²) in [5.41, 5.74) is 1.50. The van der Waals surface area contributed by atoms with Crippen molar-refractivity contribution in [3.63, 3.8) is 0 Å². The van der Waals surface area contributed by atoms with Gasteiger partial charge in [0.1, 0.15) is 7.85 Å². The van der Waals surface area contributed by atoms with E-state index >= 15 is 0 Å². The second-order valence-electron chi connectivity index (χ2n) is 3.32. The molecule has 2 nitrogen and oxygen atoms in total. The zero-order chi connectivity index (χ0) is 11.1. The summed E-state index contributed by atoms with van der Waals surface area (Å²) in [6.07, 6.45) is 2.50. The minimum absolute atomic E-state index is 0.0562. The lowest BCUT2D eigenvalue weighted by Gasteiger charge is -2.04. The van der Waals surface area contributed by atoms with Gasteiger partial charge in [0.15, 0.2) is 0 Å². The van der Waals surface area contributed by atoms with Crippen LogP contribution in [0.1, 0.15) is 19.3 Å². The monoisotopic (exact) mass is 265 g/mol. The Morgan fingerprint density at radius 1 is 1.27 bits per heavy atom. The fourth-order valence-electron chi connectivity index (χ4n) is 1.17. The number of nitrogens with one attached hydrogen (secondary N) is 1. The van der Waals surface area contributed by atoms with Crippen molar-refractivity contribution in [2.75, 3.05) is 10.6 Å². The molecule has 1 N–H and O–H groups in total. The second-order valence-corrected chi connectivity index (χ2v) is 4.11. The topological polar surface area (TPSA) is 29.1 Å². The minimum Gasteiger partial charge on any atom is -0.326 e. The summed E-state index contributed by atoms with van der Waals surface area (Å²) < 4.78 is 0. The molecule has 0 saturated carbocycles. The summed E-state index contributed by atoms with van der Waals surface area (Å²) in [4.78, 5) is 11.4. The number of anilines is 1. The highest BCUT2D eigenvalue weighted by atomic mass is 79.9. The smallest absolute Gasteiger partial charge is 0.224 e. The minimum atomic E-state index is 0.0562. The molecule has 0 bridgehead atoms. The van der Waals surface area contributed by atoms with Crippen LogP contribution in [0.4, 0.5) is 5.69 Å². The number of carbonyl (C=O) groups is 1. The van der Waals surface area contributed by atoms with Gasteiger partial charge in [-0.2, -0.15) is 0 Å². The van der Waals surface area contributed by atoms with Crippen LogP contribution in [0.5, 0.6) is 0 Å². The normalized spacial score (nSPS) is 9.93. The fourth-order valence-corrected chi connectivity index (χ4v) is 1.57. The maximum atomic E-state index is 11.4. The molecule has 0 unspecified atom stereocenters. The lowest BCUT2D eigenvalue weighted by atomic mass is 9.96. The number of halogens is 1. The summed E-state index contributed by atoms with van der Waals surface area (Å²) in [5.74, 6) is 0.0562. The highest BCUT2D eigenvalue weighted by Crippen LogP contribution is 2.06. The van der Waals surface area contributed by atoms with Crippen LogP contribution in [-0.4, -0.2) is 19.1 Å². The SMILES string of the molecule is [B]c1ccc(NC(=O)CCCCBr)cc1. The molecule has 4 heteroatoms. The summed E-state index contributed by atoms with van der Waals surface area (Å²) in [6.45, 7) is 0. The molecule has 78 valence electrons. The van der Waals surface area contributed by atoms with Crippen molar-refractivity contribution in [3.8, 4) is 0 Å². The molecular formula is C11H13BBrNO. The van der Waals surface area contributed by atoms with E-state index in [9.17, 15) is 4.79 Å². The van der Waals surface area contributed by atoms with Crippen LogP contribution in [0.2, 0.25) is 0 Å². The van der Waals surface area contributed by atoms with E-state index in [1.54, 1.807) is 24.3 Å². The number of amides is 1. The molecule has 15 heavy (non-hydrogen) atoms. The Hall–Kier alpha value is -0.765. The van der Waals surface area contributed by atoms with E-state index in [0.717, 1.165) is 23.9 Å². The van der Waals surface area contributed by atoms with Gasteiger partial charge < -0.3 is 5.32 Å². The molecule has 1 aromatic rings. The van der Waals surface area contributed by atoms with Gasteiger partial charge in [-0.25, -0.2) is 0 Å². The first-order valence-corrected chi connectivity index (χ1v) is 6.06. The average molecular weight is 266 g/mol. The number of rotatable bonds is 5. The van der Waals surface area contributed by atoms with Crippen molar-refractivity contribution in [2.45, 2.75) is 19.3 Å². The predicted octanol–water partition coefficient (Wildman–Crippen LogP) is 1.98. The van der Waals surface area contributed by atoms with Gasteiger partial charge in [-0.1, -0.05) is 33.5 Å². The maximum absolute atomic E-state index is 11.4. The van der Waals surface area contributed by atoms with Crippen molar-refractivity contribution in [1.82, 2.24) is 0 Å². The van der Waals surface area contributed by atoms with Gasteiger partial charge >= 0.3 is 0 Å². The van der Waals surface area contributed by atoms with Gasteiger partial charge in [0.05, 0.1) is 0 Å². The lowest BCUT2D eigenvalue weighted by Crippen LogP contribution is -2.12. The molecule has 0 atom stereocenters.